The molecule has 0 fully saturated rings. The maximum Gasteiger partial charge on any atom is 0.311 e. The molecule has 0 saturated carbocycles. The van der Waals surface area contributed by atoms with Crippen LogP contribution in [0.15, 0.2) is 42.5 Å². The zero-order chi connectivity index (χ0) is 17.7. The number of methoxy groups -OCH3 is 2. The summed E-state index contributed by atoms with van der Waals surface area (Å²) in [5.41, 5.74) is 2.80. The van der Waals surface area contributed by atoms with Crippen molar-refractivity contribution in [1.29, 1.82) is 0 Å². The molecule has 4 nitrogen and oxygen atoms in total. The highest BCUT2D eigenvalue weighted by molar-refractivity contribution is 5.76. The van der Waals surface area contributed by atoms with Crippen molar-refractivity contribution in [3.63, 3.8) is 0 Å². The molecule has 0 amide bonds. The molecular formula is C20H24O4. The molecule has 0 spiro atoms. The molecule has 1 unspecified atom stereocenters. The van der Waals surface area contributed by atoms with Gasteiger partial charge in [-0.05, 0) is 47.2 Å². The van der Waals surface area contributed by atoms with Gasteiger partial charge >= 0.3 is 5.97 Å². The van der Waals surface area contributed by atoms with Crippen molar-refractivity contribution in [2.75, 3.05) is 14.2 Å². The minimum atomic E-state index is -0.850. The molecule has 128 valence electrons. The summed E-state index contributed by atoms with van der Waals surface area (Å²) >= 11 is 0. The van der Waals surface area contributed by atoms with Crippen molar-refractivity contribution >= 4 is 5.97 Å². The smallest absolute Gasteiger partial charge is 0.311 e. The zero-order valence-electron chi connectivity index (χ0n) is 14.6. The van der Waals surface area contributed by atoms with Crippen molar-refractivity contribution in [1.82, 2.24) is 0 Å². The second-order valence-electron chi connectivity index (χ2n) is 6.09. The van der Waals surface area contributed by atoms with Gasteiger partial charge in [-0.15, -0.1) is 0 Å². The standard InChI is InChI=1S/C20H24O4/c1-13(2)14-5-7-15(8-6-14)18(20(21)22)12-16-11-17(23-3)9-10-19(16)24-4/h5-11,13,18H,12H2,1-4H3,(H,21,22). The van der Waals surface area contributed by atoms with Gasteiger partial charge in [0.1, 0.15) is 11.5 Å². The highest BCUT2D eigenvalue weighted by atomic mass is 16.5. The van der Waals surface area contributed by atoms with Crippen LogP contribution in [0, 0.1) is 0 Å². The van der Waals surface area contributed by atoms with Gasteiger partial charge in [-0.2, -0.15) is 0 Å². The highest BCUT2D eigenvalue weighted by Crippen LogP contribution is 2.30. The lowest BCUT2D eigenvalue weighted by Crippen LogP contribution is -2.15. The molecule has 4 heteroatoms. The number of rotatable bonds is 7. The monoisotopic (exact) mass is 328 g/mol. The molecule has 0 aliphatic carbocycles. The van der Waals surface area contributed by atoms with E-state index in [4.69, 9.17) is 9.47 Å². The number of carboxylic acid groups (broad SMARTS) is 1. The number of ether oxygens (including phenoxy) is 2. The fourth-order valence-corrected chi connectivity index (χ4v) is 2.72. The van der Waals surface area contributed by atoms with E-state index in [1.165, 1.54) is 5.56 Å². The Morgan fingerprint density at radius 2 is 1.62 bits per heavy atom. The Balaban J connectivity index is 2.34. The lowest BCUT2D eigenvalue weighted by molar-refractivity contribution is -0.138. The molecule has 0 radical (unpaired) electrons. The molecule has 0 saturated heterocycles. The first-order valence-electron chi connectivity index (χ1n) is 7.99. The third-order valence-corrected chi connectivity index (χ3v) is 4.22. The molecule has 0 bridgehead atoms. The van der Waals surface area contributed by atoms with E-state index in [2.05, 4.69) is 13.8 Å². The topological polar surface area (TPSA) is 55.8 Å². The van der Waals surface area contributed by atoms with Gasteiger partial charge in [-0.3, -0.25) is 4.79 Å². The minimum Gasteiger partial charge on any atom is -0.497 e. The summed E-state index contributed by atoms with van der Waals surface area (Å²) in [6.45, 7) is 4.23. The summed E-state index contributed by atoms with van der Waals surface area (Å²) in [5.74, 6) is 0.288. The quantitative estimate of drug-likeness (QED) is 0.826. The Kier molecular flexibility index (Phi) is 5.85. The van der Waals surface area contributed by atoms with Crippen LogP contribution in [0.4, 0.5) is 0 Å². The summed E-state index contributed by atoms with van der Waals surface area (Å²) in [6.07, 6.45) is 0.344. The number of carboxylic acids is 1. The maximum absolute atomic E-state index is 11.8. The average molecular weight is 328 g/mol. The summed E-state index contributed by atoms with van der Waals surface area (Å²) in [6, 6.07) is 13.2. The lowest BCUT2D eigenvalue weighted by atomic mass is 9.90. The first-order valence-corrected chi connectivity index (χ1v) is 7.99. The number of benzene rings is 2. The van der Waals surface area contributed by atoms with E-state index >= 15 is 0 Å². The van der Waals surface area contributed by atoms with Crippen LogP contribution in [0.25, 0.3) is 0 Å². The lowest BCUT2D eigenvalue weighted by Gasteiger charge is -2.17. The van der Waals surface area contributed by atoms with E-state index < -0.39 is 11.9 Å². The summed E-state index contributed by atoms with van der Waals surface area (Å²) in [4.78, 5) is 11.8. The number of carbonyl (C=O) groups is 1. The van der Waals surface area contributed by atoms with Gasteiger partial charge in [-0.1, -0.05) is 38.1 Å². The number of hydrogen-bond donors (Lipinski definition) is 1. The van der Waals surface area contributed by atoms with E-state index in [1.807, 2.05) is 30.3 Å². The predicted octanol–water partition coefficient (Wildman–Crippen LogP) is 4.24. The molecule has 0 aliphatic rings. The molecule has 0 aliphatic heterocycles. The van der Waals surface area contributed by atoms with Gasteiger partial charge in [0, 0.05) is 0 Å². The molecule has 24 heavy (non-hydrogen) atoms. The number of aliphatic carboxylic acids is 1. The maximum atomic E-state index is 11.8. The molecule has 0 heterocycles. The van der Waals surface area contributed by atoms with E-state index in [0.29, 0.717) is 23.8 Å². The van der Waals surface area contributed by atoms with Crippen LogP contribution in [-0.4, -0.2) is 25.3 Å². The van der Waals surface area contributed by atoms with Crippen LogP contribution in [-0.2, 0) is 11.2 Å². The van der Waals surface area contributed by atoms with Crippen LogP contribution in [0.5, 0.6) is 11.5 Å². The van der Waals surface area contributed by atoms with Gasteiger partial charge in [-0.25, -0.2) is 0 Å². The van der Waals surface area contributed by atoms with Gasteiger partial charge in [0.2, 0.25) is 0 Å². The minimum absolute atomic E-state index is 0.344. The average Bonchev–Trinajstić information content (AvgIpc) is 2.59. The molecule has 2 aromatic rings. The second kappa shape index (κ2) is 7.86. The fourth-order valence-electron chi connectivity index (χ4n) is 2.72. The Morgan fingerprint density at radius 1 is 1.00 bits per heavy atom. The molecule has 0 aromatic heterocycles. The van der Waals surface area contributed by atoms with Gasteiger partial charge in [0.15, 0.2) is 0 Å². The zero-order valence-corrected chi connectivity index (χ0v) is 14.6. The molecular weight excluding hydrogens is 304 g/mol. The van der Waals surface area contributed by atoms with Crippen molar-refractivity contribution < 1.29 is 19.4 Å². The molecule has 1 atom stereocenters. The SMILES string of the molecule is COc1ccc(OC)c(CC(C(=O)O)c2ccc(C(C)C)cc2)c1. The first-order chi connectivity index (χ1) is 11.5. The summed E-state index contributed by atoms with van der Waals surface area (Å²) < 4.78 is 10.6. The van der Waals surface area contributed by atoms with E-state index in [0.717, 1.165) is 11.1 Å². The van der Waals surface area contributed by atoms with Crippen LogP contribution < -0.4 is 9.47 Å². The Hall–Kier alpha value is -2.49. The Bertz CT molecular complexity index is 689. The van der Waals surface area contributed by atoms with Crippen molar-refractivity contribution in [3.05, 3.63) is 59.2 Å². The van der Waals surface area contributed by atoms with Gasteiger partial charge in [0.05, 0.1) is 20.1 Å². The molecule has 2 aromatic carbocycles. The molecule has 1 N–H and O–H groups in total. The van der Waals surface area contributed by atoms with Crippen LogP contribution in [0.3, 0.4) is 0 Å². The second-order valence-corrected chi connectivity index (χ2v) is 6.09. The van der Waals surface area contributed by atoms with Crippen molar-refractivity contribution in [2.24, 2.45) is 0 Å². The largest absolute Gasteiger partial charge is 0.497 e. The Morgan fingerprint density at radius 3 is 2.12 bits per heavy atom. The molecule has 2 rings (SSSR count). The van der Waals surface area contributed by atoms with Crippen LogP contribution in [0.2, 0.25) is 0 Å². The van der Waals surface area contributed by atoms with Crippen molar-refractivity contribution in [3.8, 4) is 11.5 Å². The fraction of sp³-hybridized carbons (Fsp3) is 0.350. The Labute approximate surface area is 143 Å². The van der Waals surface area contributed by atoms with Crippen LogP contribution in [0.1, 0.15) is 42.4 Å². The highest BCUT2D eigenvalue weighted by Gasteiger charge is 2.22. The third kappa shape index (κ3) is 4.07. The van der Waals surface area contributed by atoms with Crippen molar-refractivity contribution in [2.45, 2.75) is 32.1 Å². The predicted molar refractivity (Wildman–Crippen MR) is 94.2 cm³/mol. The van der Waals surface area contributed by atoms with Crippen LogP contribution >= 0.6 is 0 Å². The number of hydrogen-bond acceptors (Lipinski definition) is 3. The summed E-state index contributed by atoms with van der Waals surface area (Å²) in [7, 11) is 3.17. The van der Waals surface area contributed by atoms with E-state index in [-0.39, 0.29) is 0 Å². The summed E-state index contributed by atoms with van der Waals surface area (Å²) in [5, 5.41) is 9.68. The van der Waals surface area contributed by atoms with E-state index in [9.17, 15) is 9.90 Å². The van der Waals surface area contributed by atoms with E-state index in [1.54, 1.807) is 26.4 Å². The van der Waals surface area contributed by atoms with Gasteiger partial charge < -0.3 is 14.6 Å². The first kappa shape index (κ1) is 17.9. The third-order valence-electron chi connectivity index (χ3n) is 4.22. The normalized spacial score (nSPS) is 12.0. The van der Waals surface area contributed by atoms with Gasteiger partial charge in [0.25, 0.3) is 0 Å².